The summed E-state index contributed by atoms with van der Waals surface area (Å²) >= 11 is 3.28. The highest BCUT2D eigenvalue weighted by Crippen LogP contribution is 2.23. The Morgan fingerprint density at radius 3 is 3.00 bits per heavy atom. The lowest BCUT2D eigenvalue weighted by molar-refractivity contribution is -0.135. The molecule has 20 heavy (non-hydrogen) atoms. The maximum absolute atomic E-state index is 13.6. The van der Waals surface area contributed by atoms with E-state index in [4.69, 9.17) is 0 Å². The zero-order valence-electron chi connectivity index (χ0n) is 11.7. The third-order valence-corrected chi connectivity index (χ3v) is 4.37. The number of piperazine rings is 1. The SMILES string of the molecule is CN(C)C(=O)C1CNCCN1Cc1cccc(F)c1Br. The van der Waals surface area contributed by atoms with Gasteiger partial charge in [-0.15, -0.1) is 0 Å². The first-order valence-electron chi connectivity index (χ1n) is 6.59. The molecule has 0 saturated carbocycles. The van der Waals surface area contributed by atoms with Crippen LogP contribution in [0.15, 0.2) is 22.7 Å². The first-order chi connectivity index (χ1) is 9.50. The van der Waals surface area contributed by atoms with Gasteiger partial charge in [-0.2, -0.15) is 0 Å². The van der Waals surface area contributed by atoms with E-state index in [-0.39, 0.29) is 17.8 Å². The molecule has 0 spiro atoms. The van der Waals surface area contributed by atoms with Crippen LogP contribution in [-0.4, -0.2) is 55.5 Å². The fourth-order valence-electron chi connectivity index (χ4n) is 2.37. The van der Waals surface area contributed by atoms with Crippen molar-refractivity contribution < 1.29 is 9.18 Å². The van der Waals surface area contributed by atoms with Crippen LogP contribution in [-0.2, 0) is 11.3 Å². The first-order valence-corrected chi connectivity index (χ1v) is 7.39. The maximum Gasteiger partial charge on any atom is 0.240 e. The molecule has 110 valence electrons. The molecule has 1 aromatic carbocycles. The Hall–Kier alpha value is -0.980. The summed E-state index contributed by atoms with van der Waals surface area (Å²) in [5.74, 6) is -0.196. The zero-order valence-corrected chi connectivity index (χ0v) is 13.3. The number of nitrogens with zero attached hydrogens (tertiary/aromatic N) is 2. The molecule has 1 atom stereocenters. The minimum absolute atomic E-state index is 0.0738. The van der Waals surface area contributed by atoms with E-state index in [1.54, 1.807) is 25.1 Å². The van der Waals surface area contributed by atoms with Crippen LogP contribution in [0, 0.1) is 5.82 Å². The number of nitrogens with one attached hydrogen (secondary N) is 1. The third kappa shape index (κ3) is 3.37. The lowest BCUT2D eigenvalue weighted by atomic mass is 10.1. The van der Waals surface area contributed by atoms with Crippen molar-refractivity contribution in [2.45, 2.75) is 12.6 Å². The van der Waals surface area contributed by atoms with Crippen LogP contribution in [0.2, 0.25) is 0 Å². The van der Waals surface area contributed by atoms with Crippen molar-refractivity contribution in [3.8, 4) is 0 Å². The number of halogens is 2. The van der Waals surface area contributed by atoms with E-state index in [0.717, 1.165) is 18.7 Å². The number of carbonyl (C=O) groups excluding carboxylic acids is 1. The van der Waals surface area contributed by atoms with Crippen molar-refractivity contribution in [1.82, 2.24) is 15.1 Å². The first kappa shape index (κ1) is 15.4. The van der Waals surface area contributed by atoms with Crippen LogP contribution in [0.4, 0.5) is 4.39 Å². The molecule has 1 saturated heterocycles. The van der Waals surface area contributed by atoms with E-state index in [1.165, 1.54) is 6.07 Å². The molecule has 1 aromatic rings. The zero-order chi connectivity index (χ0) is 14.7. The molecule has 0 radical (unpaired) electrons. The summed E-state index contributed by atoms with van der Waals surface area (Å²) in [6.07, 6.45) is 0. The van der Waals surface area contributed by atoms with E-state index in [0.29, 0.717) is 17.6 Å². The lowest BCUT2D eigenvalue weighted by Gasteiger charge is -2.36. The number of carbonyl (C=O) groups is 1. The fraction of sp³-hybridized carbons (Fsp3) is 0.500. The predicted molar refractivity (Wildman–Crippen MR) is 79.9 cm³/mol. The summed E-state index contributed by atoms with van der Waals surface area (Å²) in [7, 11) is 3.51. The molecule has 0 aromatic heterocycles. The molecule has 1 unspecified atom stereocenters. The molecule has 4 nitrogen and oxygen atoms in total. The summed E-state index contributed by atoms with van der Waals surface area (Å²) in [6, 6.07) is 4.80. The van der Waals surface area contributed by atoms with Crippen LogP contribution in [0.1, 0.15) is 5.56 Å². The van der Waals surface area contributed by atoms with Gasteiger partial charge in [0.15, 0.2) is 0 Å². The average molecular weight is 344 g/mol. The number of likely N-dealkylation sites (N-methyl/N-ethyl adjacent to an activating group) is 1. The molecule has 1 aliphatic heterocycles. The molecular weight excluding hydrogens is 325 g/mol. The second-order valence-corrected chi connectivity index (χ2v) is 5.93. The number of hydrogen-bond acceptors (Lipinski definition) is 3. The second-order valence-electron chi connectivity index (χ2n) is 5.14. The Kier molecular flexibility index (Phi) is 5.12. The smallest absolute Gasteiger partial charge is 0.240 e. The molecule has 0 bridgehead atoms. The van der Waals surface area contributed by atoms with E-state index in [2.05, 4.69) is 26.1 Å². The van der Waals surface area contributed by atoms with Gasteiger partial charge in [0.25, 0.3) is 0 Å². The quantitative estimate of drug-likeness (QED) is 0.902. The van der Waals surface area contributed by atoms with Crippen molar-refractivity contribution in [3.63, 3.8) is 0 Å². The van der Waals surface area contributed by atoms with Crippen molar-refractivity contribution >= 4 is 21.8 Å². The van der Waals surface area contributed by atoms with Gasteiger partial charge in [0.05, 0.1) is 4.47 Å². The minimum atomic E-state index is -0.270. The molecule has 1 amide bonds. The normalized spacial score (nSPS) is 19.9. The monoisotopic (exact) mass is 343 g/mol. The summed E-state index contributed by atoms with van der Waals surface area (Å²) in [5, 5.41) is 3.24. The topological polar surface area (TPSA) is 35.6 Å². The van der Waals surface area contributed by atoms with Crippen LogP contribution < -0.4 is 5.32 Å². The number of benzene rings is 1. The van der Waals surface area contributed by atoms with Crippen molar-refractivity contribution in [1.29, 1.82) is 0 Å². The highest BCUT2D eigenvalue weighted by atomic mass is 79.9. The Labute approximate surface area is 127 Å². The number of amides is 1. The molecule has 1 heterocycles. The van der Waals surface area contributed by atoms with Crippen molar-refractivity contribution in [3.05, 3.63) is 34.1 Å². The van der Waals surface area contributed by atoms with E-state index >= 15 is 0 Å². The van der Waals surface area contributed by atoms with Gasteiger partial charge < -0.3 is 10.2 Å². The predicted octanol–water partition coefficient (Wildman–Crippen LogP) is 1.45. The number of hydrogen-bond donors (Lipinski definition) is 1. The summed E-state index contributed by atoms with van der Waals surface area (Å²) in [4.78, 5) is 15.9. The molecular formula is C14H19BrFN3O. The largest absolute Gasteiger partial charge is 0.347 e. The van der Waals surface area contributed by atoms with E-state index < -0.39 is 0 Å². The third-order valence-electron chi connectivity index (χ3n) is 3.49. The Bertz CT molecular complexity index is 495. The minimum Gasteiger partial charge on any atom is -0.347 e. The molecule has 1 fully saturated rings. The average Bonchev–Trinajstić information content (AvgIpc) is 2.43. The lowest BCUT2D eigenvalue weighted by Crippen LogP contribution is -2.57. The summed E-state index contributed by atoms with van der Waals surface area (Å²) in [6.45, 7) is 2.80. The standard InChI is InChI=1S/C14H19BrFN3O/c1-18(2)14(20)12-8-17-6-7-19(12)9-10-4-3-5-11(16)13(10)15/h3-5,12,17H,6-9H2,1-2H3. The van der Waals surface area contributed by atoms with E-state index in [1.807, 2.05) is 6.07 Å². The van der Waals surface area contributed by atoms with Gasteiger partial charge in [-0.25, -0.2) is 4.39 Å². The Morgan fingerprint density at radius 2 is 2.30 bits per heavy atom. The van der Waals surface area contributed by atoms with Crippen LogP contribution in [0.3, 0.4) is 0 Å². The molecule has 0 aliphatic carbocycles. The second kappa shape index (κ2) is 6.65. The van der Waals surface area contributed by atoms with Crippen LogP contribution in [0.25, 0.3) is 0 Å². The van der Waals surface area contributed by atoms with Gasteiger partial charge in [0, 0.05) is 40.3 Å². The summed E-state index contributed by atoms with van der Waals surface area (Å²) < 4.78 is 14.0. The molecule has 6 heteroatoms. The van der Waals surface area contributed by atoms with Gasteiger partial charge in [0.1, 0.15) is 11.9 Å². The van der Waals surface area contributed by atoms with Crippen LogP contribution >= 0.6 is 15.9 Å². The van der Waals surface area contributed by atoms with Crippen LogP contribution in [0.5, 0.6) is 0 Å². The van der Waals surface area contributed by atoms with Gasteiger partial charge in [-0.1, -0.05) is 12.1 Å². The highest BCUT2D eigenvalue weighted by Gasteiger charge is 2.30. The Morgan fingerprint density at radius 1 is 1.55 bits per heavy atom. The van der Waals surface area contributed by atoms with Crippen molar-refractivity contribution in [2.24, 2.45) is 0 Å². The van der Waals surface area contributed by atoms with Crippen molar-refractivity contribution in [2.75, 3.05) is 33.7 Å². The highest BCUT2D eigenvalue weighted by molar-refractivity contribution is 9.10. The van der Waals surface area contributed by atoms with Gasteiger partial charge in [0.2, 0.25) is 5.91 Å². The van der Waals surface area contributed by atoms with Gasteiger partial charge >= 0.3 is 0 Å². The maximum atomic E-state index is 13.6. The van der Waals surface area contributed by atoms with E-state index in [9.17, 15) is 9.18 Å². The molecule has 2 rings (SSSR count). The molecule has 1 aliphatic rings. The fourth-order valence-corrected chi connectivity index (χ4v) is 2.76. The summed E-state index contributed by atoms with van der Waals surface area (Å²) in [5.41, 5.74) is 0.864. The number of rotatable bonds is 3. The Balaban J connectivity index is 2.16. The van der Waals surface area contributed by atoms with Gasteiger partial charge in [-0.05, 0) is 27.6 Å². The molecule has 1 N–H and O–H groups in total. The van der Waals surface area contributed by atoms with Gasteiger partial charge in [-0.3, -0.25) is 9.69 Å².